The number of hydrogen-bond donors (Lipinski definition) is 2. The lowest BCUT2D eigenvalue weighted by Crippen LogP contribution is -2.23. The van der Waals surface area contributed by atoms with Gasteiger partial charge < -0.3 is 15.4 Å². The summed E-state index contributed by atoms with van der Waals surface area (Å²) in [5.41, 5.74) is 1.17. The summed E-state index contributed by atoms with van der Waals surface area (Å²) < 4.78 is 4.62. The molecule has 0 spiro atoms. The minimum Gasteiger partial charge on any atom is -0.465 e. The fourth-order valence-corrected chi connectivity index (χ4v) is 2.34. The van der Waals surface area contributed by atoms with Crippen LogP contribution in [0, 0.1) is 0 Å². The van der Waals surface area contributed by atoms with Gasteiger partial charge in [-0.25, -0.2) is 4.79 Å². The largest absolute Gasteiger partial charge is 0.465 e. The first-order valence-electron chi connectivity index (χ1n) is 6.90. The molecule has 1 heterocycles. The fourth-order valence-electron chi connectivity index (χ4n) is 2.34. The zero-order chi connectivity index (χ0) is 14.4. The van der Waals surface area contributed by atoms with Crippen LogP contribution in [0.4, 0.5) is 5.69 Å². The number of anilines is 1. The lowest BCUT2D eigenvalue weighted by atomic mass is 10.1. The van der Waals surface area contributed by atoms with Gasteiger partial charge in [-0.3, -0.25) is 4.79 Å². The van der Waals surface area contributed by atoms with Crippen molar-refractivity contribution in [1.29, 1.82) is 0 Å². The number of carbonyl (C=O) groups is 2. The molecule has 0 aliphatic carbocycles. The van der Waals surface area contributed by atoms with Crippen molar-refractivity contribution in [3.63, 3.8) is 0 Å². The highest BCUT2D eigenvalue weighted by Gasteiger charge is 2.15. The van der Waals surface area contributed by atoms with E-state index < -0.39 is 0 Å². The Balaban J connectivity index is 1.80. The predicted molar refractivity (Wildman–Crippen MR) is 76.7 cm³/mol. The van der Waals surface area contributed by atoms with Crippen LogP contribution >= 0.6 is 0 Å². The molecule has 0 radical (unpaired) electrons. The Morgan fingerprint density at radius 1 is 1.35 bits per heavy atom. The molecule has 1 fully saturated rings. The van der Waals surface area contributed by atoms with Gasteiger partial charge in [-0.1, -0.05) is 0 Å². The van der Waals surface area contributed by atoms with Gasteiger partial charge in [0, 0.05) is 18.2 Å². The first-order valence-corrected chi connectivity index (χ1v) is 6.90. The molecular weight excluding hydrogens is 256 g/mol. The van der Waals surface area contributed by atoms with Crippen LogP contribution < -0.4 is 10.6 Å². The van der Waals surface area contributed by atoms with Gasteiger partial charge in [0.1, 0.15) is 0 Å². The van der Waals surface area contributed by atoms with E-state index in [-0.39, 0.29) is 11.9 Å². The first kappa shape index (κ1) is 14.5. The van der Waals surface area contributed by atoms with Crippen molar-refractivity contribution in [2.24, 2.45) is 0 Å². The smallest absolute Gasteiger partial charge is 0.337 e. The molecule has 0 aromatic heterocycles. The van der Waals surface area contributed by atoms with E-state index in [0.29, 0.717) is 23.7 Å². The van der Waals surface area contributed by atoms with Gasteiger partial charge in [-0.2, -0.15) is 0 Å². The first-order chi connectivity index (χ1) is 9.69. The molecule has 0 bridgehead atoms. The molecule has 2 N–H and O–H groups in total. The number of hydrogen-bond acceptors (Lipinski definition) is 4. The summed E-state index contributed by atoms with van der Waals surface area (Å²) in [6.45, 7) is 1.06. The summed E-state index contributed by atoms with van der Waals surface area (Å²) in [5, 5.41) is 6.20. The Bertz CT molecular complexity index is 465. The minimum atomic E-state index is -0.379. The van der Waals surface area contributed by atoms with E-state index in [4.69, 9.17) is 0 Å². The van der Waals surface area contributed by atoms with Gasteiger partial charge in [0.25, 0.3) is 0 Å². The molecule has 1 unspecified atom stereocenters. The molecule has 1 amide bonds. The zero-order valence-corrected chi connectivity index (χ0v) is 11.6. The summed E-state index contributed by atoms with van der Waals surface area (Å²) >= 11 is 0. The number of nitrogens with one attached hydrogen (secondary N) is 2. The van der Waals surface area contributed by atoms with Crippen molar-refractivity contribution >= 4 is 17.6 Å². The van der Waals surface area contributed by atoms with E-state index >= 15 is 0 Å². The van der Waals surface area contributed by atoms with Crippen molar-refractivity contribution in [3.05, 3.63) is 29.8 Å². The quantitative estimate of drug-likeness (QED) is 0.807. The van der Waals surface area contributed by atoms with Crippen LogP contribution in [0.5, 0.6) is 0 Å². The molecular formula is C15H20N2O3. The second kappa shape index (κ2) is 7.05. The summed E-state index contributed by atoms with van der Waals surface area (Å²) in [5.74, 6) is -0.375. The zero-order valence-electron chi connectivity index (χ0n) is 11.6. The minimum absolute atomic E-state index is 0.00418. The van der Waals surface area contributed by atoms with Gasteiger partial charge in [0.05, 0.1) is 12.7 Å². The van der Waals surface area contributed by atoms with Gasteiger partial charge >= 0.3 is 5.97 Å². The molecule has 1 atom stereocenters. The highest BCUT2D eigenvalue weighted by atomic mass is 16.5. The predicted octanol–water partition coefficient (Wildman–Crippen LogP) is 1.94. The molecule has 0 saturated carbocycles. The number of amides is 1. The number of methoxy groups -OCH3 is 1. The molecule has 1 aliphatic heterocycles. The van der Waals surface area contributed by atoms with E-state index in [1.54, 1.807) is 24.3 Å². The van der Waals surface area contributed by atoms with Crippen LogP contribution in [0.1, 0.15) is 36.0 Å². The maximum atomic E-state index is 11.8. The molecule has 20 heavy (non-hydrogen) atoms. The van der Waals surface area contributed by atoms with Crippen molar-refractivity contribution in [2.75, 3.05) is 19.0 Å². The van der Waals surface area contributed by atoms with Crippen LogP contribution in [0.25, 0.3) is 0 Å². The van der Waals surface area contributed by atoms with Crippen molar-refractivity contribution in [3.8, 4) is 0 Å². The SMILES string of the molecule is COC(=O)c1ccc(NC(=O)CCC2CCCN2)cc1. The standard InChI is InChI=1S/C15H20N2O3/c1-20-15(19)11-4-6-13(7-5-11)17-14(18)9-8-12-3-2-10-16-12/h4-7,12,16H,2-3,8-10H2,1H3,(H,17,18). The molecule has 2 rings (SSSR count). The van der Waals surface area contributed by atoms with Crippen LogP contribution in [0.3, 0.4) is 0 Å². The summed E-state index contributed by atoms with van der Waals surface area (Å²) in [6.07, 6.45) is 3.73. The number of benzene rings is 1. The highest BCUT2D eigenvalue weighted by molar-refractivity contribution is 5.93. The van der Waals surface area contributed by atoms with E-state index in [1.165, 1.54) is 13.5 Å². The molecule has 1 aromatic carbocycles. The maximum Gasteiger partial charge on any atom is 0.337 e. The third-order valence-corrected chi connectivity index (χ3v) is 3.47. The van der Waals surface area contributed by atoms with Crippen molar-refractivity contribution in [2.45, 2.75) is 31.7 Å². The van der Waals surface area contributed by atoms with Crippen LogP contribution in [0.2, 0.25) is 0 Å². The number of carbonyl (C=O) groups excluding carboxylic acids is 2. The Morgan fingerprint density at radius 2 is 2.10 bits per heavy atom. The number of ether oxygens (including phenoxy) is 1. The topological polar surface area (TPSA) is 67.4 Å². The van der Waals surface area contributed by atoms with E-state index in [1.807, 2.05) is 0 Å². The second-order valence-electron chi connectivity index (χ2n) is 4.95. The third kappa shape index (κ3) is 4.06. The molecule has 1 aliphatic rings. The summed E-state index contributed by atoms with van der Waals surface area (Å²) in [7, 11) is 1.34. The Hall–Kier alpha value is -1.88. The van der Waals surface area contributed by atoms with Gasteiger partial charge in [-0.05, 0) is 50.1 Å². The van der Waals surface area contributed by atoms with Crippen molar-refractivity contribution < 1.29 is 14.3 Å². The monoisotopic (exact) mass is 276 g/mol. The molecule has 5 nitrogen and oxygen atoms in total. The highest BCUT2D eigenvalue weighted by Crippen LogP contribution is 2.13. The maximum absolute atomic E-state index is 11.8. The average Bonchev–Trinajstić information content (AvgIpc) is 2.98. The van der Waals surface area contributed by atoms with Gasteiger partial charge in [-0.15, -0.1) is 0 Å². The third-order valence-electron chi connectivity index (χ3n) is 3.47. The van der Waals surface area contributed by atoms with Gasteiger partial charge in [0.15, 0.2) is 0 Å². The number of rotatable bonds is 5. The lowest BCUT2D eigenvalue weighted by Gasteiger charge is -2.10. The van der Waals surface area contributed by atoms with Crippen LogP contribution in [0.15, 0.2) is 24.3 Å². The summed E-state index contributed by atoms with van der Waals surface area (Å²) in [4.78, 5) is 23.1. The Morgan fingerprint density at radius 3 is 2.70 bits per heavy atom. The Labute approximate surface area is 118 Å². The van der Waals surface area contributed by atoms with Crippen LogP contribution in [-0.2, 0) is 9.53 Å². The number of esters is 1. The van der Waals surface area contributed by atoms with Crippen molar-refractivity contribution in [1.82, 2.24) is 5.32 Å². The van der Waals surface area contributed by atoms with Gasteiger partial charge in [0.2, 0.25) is 5.91 Å². The Kier molecular flexibility index (Phi) is 5.12. The normalized spacial score (nSPS) is 17.8. The molecule has 5 heteroatoms. The van der Waals surface area contributed by atoms with E-state index in [9.17, 15) is 9.59 Å². The molecule has 1 aromatic rings. The van der Waals surface area contributed by atoms with E-state index in [2.05, 4.69) is 15.4 Å². The summed E-state index contributed by atoms with van der Waals surface area (Å²) in [6, 6.07) is 7.16. The average molecular weight is 276 g/mol. The molecule has 108 valence electrons. The van der Waals surface area contributed by atoms with Crippen LogP contribution in [-0.4, -0.2) is 31.6 Å². The fraction of sp³-hybridized carbons (Fsp3) is 0.467. The second-order valence-corrected chi connectivity index (χ2v) is 4.95. The lowest BCUT2D eigenvalue weighted by molar-refractivity contribution is -0.116. The molecule has 1 saturated heterocycles. The van der Waals surface area contributed by atoms with E-state index in [0.717, 1.165) is 19.4 Å².